The first-order valence-corrected chi connectivity index (χ1v) is 7.45. The Morgan fingerprint density at radius 1 is 1.43 bits per heavy atom. The average molecular weight is 335 g/mol. The molecule has 0 aliphatic carbocycles. The Hall–Kier alpha value is -1.77. The minimum Gasteiger partial charge on any atom is -0.383 e. The zero-order chi connectivity index (χ0) is 17.2. The van der Waals surface area contributed by atoms with Gasteiger partial charge in [0.25, 0.3) is 0 Å². The molecular formula is C14H20F3N3O3. The van der Waals surface area contributed by atoms with Gasteiger partial charge < -0.3 is 14.5 Å². The van der Waals surface area contributed by atoms with Crippen LogP contribution in [-0.2, 0) is 0 Å². The number of aromatic nitrogens is 1. The minimum absolute atomic E-state index is 0.101. The number of carbonyl (C=O) groups excluding carboxylic acids is 1. The van der Waals surface area contributed by atoms with Crippen molar-refractivity contribution < 1.29 is 27.6 Å². The van der Waals surface area contributed by atoms with E-state index in [4.69, 9.17) is 4.52 Å². The molecule has 1 atom stereocenters. The number of hydrogen-bond acceptors (Lipinski definition) is 4. The number of aliphatic hydroxyl groups is 1. The number of halogens is 3. The van der Waals surface area contributed by atoms with Gasteiger partial charge in [-0.3, -0.25) is 5.32 Å². The second-order valence-electron chi connectivity index (χ2n) is 6.01. The molecule has 0 radical (unpaired) electrons. The molecule has 0 unspecified atom stereocenters. The van der Waals surface area contributed by atoms with Crippen LogP contribution in [0.3, 0.4) is 0 Å². The van der Waals surface area contributed by atoms with Crippen molar-refractivity contribution in [3.63, 3.8) is 0 Å². The molecule has 0 bridgehead atoms. The molecule has 1 fully saturated rings. The van der Waals surface area contributed by atoms with Gasteiger partial charge in [-0.25, -0.2) is 4.79 Å². The first-order chi connectivity index (χ1) is 10.7. The third-order valence-corrected chi connectivity index (χ3v) is 3.94. The SMILES string of the molecule is CC(C)c1cc(NC(=O)N2CCC([C@H](O)C(F)(F)F)CC2)no1. The summed E-state index contributed by atoms with van der Waals surface area (Å²) in [6, 6.07) is 1.18. The third-order valence-electron chi connectivity index (χ3n) is 3.94. The van der Waals surface area contributed by atoms with Gasteiger partial charge in [-0.1, -0.05) is 19.0 Å². The van der Waals surface area contributed by atoms with Gasteiger partial charge in [-0.05, 0) is 18.8 Å². The quantitative estimate of drug-likeness (QED) is 0.890. The van der Waals surface area contributed by atoms with Crippen LogP contribution in [0.25, 0.3) is 0 Å². The van der Waals surface area contributed by atoms with Crippen molar-refractivity contribution in [3.05, 3.63) is 11.8 Å². The number of hydrogen-bond donors (Lipinski definition) is 2. The lowest BCUT2D eigenvalue weighted by Crippen LogP contribution is -2.46. The van der Waals surface area contributed by atoms with Gasteiger partial charge in [-0.2, -0.15) is 13.2 Å². The van der Waals surface area contributed by atoms with E-state index in [1.807, 2.05) is 13.8 Å². The van der Waals surface area contributed by atoms with Crippen molar-refractivity contribution in [1.29, 1.82) is 0 Å². The number of nitrogens with zero attached hydrogens (tertiary/aromatic N) is 2. The first kappa shape index (κ1) is 17.6. The summed E-state index contributed by atoms with van der Waals surface area (Å²) in [6.45, 7) is 4.14. The smallest absolute Gasteiger partial charge is 0.383 e. The van der Waals surface area contributed by atoms with Gasteiger partial charge in [-0.15, -0.1) is 0 Å². The van der Waals surface area contributed by atoms with Gasteiger partial charge in [0.2, 0.25) is 0 Å². The molecule has 0 saturated carbocycles. The second kappa shape index (κ2) is 6.77. The maximum absolute atomic E-state index is 12.5. The largest absolute Gasteiger partial charge is 0.414 e. The molecule has 1 aliphatic rings. The highest BCUT2D eigenvalue weighted by atomic mass is 19.4. The Balaban J connectivity index is 1.86. The van der Waals surface area contributed by atoms with Gasteiger partial charge in [0, 0.05) is 25.1 Å². The summed E-state index contributed by atoms with van der Waals surface area (Å²) >= 11 is 0. The van der Waals surface area contributed by atoms with E-state index >= 15 is 0 Å². The van der Waals surface area contributed by atoms with Crippen molar-refractivity contribution in [2.75, 3.05) is 18.4 Å². The number of carbonyl (C=O) groups is 1. The Labute approximate surface area is 131 Å². The lowest BCUT2D eigenvalue weighted by atomic mass is 9.91. The first-order valence-electron chi connectivity index (χ1n) is 7.45. The second-order valence-corrected chi connectivity index (χ2v) is 6.01. The molecule has 2 amide bonds. The van der Waals surface area contributed by atoms with Gasteiger partial charge in [0.05, 0.1) is 0 Å². The highest BCUT2D eigenvalue weighted by Crippen LogP contribution is 2.31. The predicted octanol–water partition coefficient (Wildman–Crippen LogP) is 2.97. The number of piperidine rings is 1. The van der Waals surface area contributed by atoms with E-state index in [0.29, 0.717) is 5.76 Å². The lowest BCUT2D eigenvalue weighted by molar-refractivity contribution is -0.222. The summed E-state index contributed by atoms with van der Waals surface area (Å²) < 4.78 is 42.5. The van der Waals surface area contributed by atoms with Crippen LogP contribution in [0.15, 0.2) is 10.6 Å². The van der Waals surface area contributed by atoms with Crippen LogP contribution in [0.1, 0.15) is 38.4 Å². The Morgan fingerprint density at radius 2 is 2.04 bits per heavy atom. The molecule has 2 heterocycles. The van der Waals surface area contributed by atoms with Crippen LogP contribution < -0.4 is 5.32 Å². The van der Waals surface area contributed by atoms with Crippen LogP contribution in [-0.4, -0.2) is 46.6 Å². The molecule has 1 saturated heterocycles. The molecule has 1 aromatic heterocycles. The predicted molar refractivity (Wildman–Crippen MR) is 76.0 cm³/mol. The molecule has 1 aliphatic heterocycles. The Kier molecular flexibility index (Phi) is 5.18. The molecule has 0 spiro atoms. The van der Waals surface area contributed by atoms with Gasteiger partial charge in [0.1, 0.15) is 5.76 Å². The van der Waals surface area contributed by atoms with Crippen molar-refractivity contribution >= 4 is 11.8 Å². The average Bonchev–Trinajstić information content (AvgIpc) is 2.94. The zero-order valence-corrected chi connectivity index (χ0v) is 12.9. The maximum atomic E-state index is 12.5. The van der Waals surface area contributed by atoms with E-state index in [0.717, 1.165) is 0 Å². The Bertz CT molecular complexity index is 537. The molecule has 6 nitrogen and oxygen atoms in total. The summed E-state index contributed by atoms with van der Waals surface area (Å²) in [5.41, 5.74) is 0. The molecule has 2 N–H and O–H groups in total. The summed E-state index contributed by atoms with van der Waals surface area (Å²) in [5.74, 6) is 0.162. The molecule has 2 rings (SSSR count). The van der Waals surface area contributed by atoms with Crippen LogP contribution >= 0.6 is 0 Å². The minimum atomic E-state index is -4.62. The van der Waals surface area contributed by atoms with Gasteiger partial charge >= 0.3 is 12.2 Å². The van der Waals surface area contributed by atoms with Crippen molar-refractivity contribution in [3.8, 4) is 0 Å². The van der Waals surface area contributed by atoms with Crippen LogP contribution in [0.4, 0.5) is 23.8 Å². The van der Waals surface area contributed by atoms with Crippen LogP contribution in [0.5, 0.6) is 0 Å². The third kappa shape index (κ3) is 4.37. The maximum Gasteiger partial charge on any atom is 0.414 e. The van der Waals surface area contributed by atoms with Crippen LogP contribution in [0, 0.1) is 5.92 Å². The number of nitrogens with one attached hydrogen (secondary N) is 1. The van der Waals surface area contributed by atoms with Crippen molar-refractivity contribution in [2.24, 2.45) is 5.92 Å². The molecule has 130 valence electrons. The molecule has 23 heavy (non-hydrogen) atoms. The van der Waals surface area contributed by atoms with E-state index in [2.05, 4.69) is 10.5 Å². The summed E-state index contributed by atoms with van der Waals surface area (Å²) in [4.78, 5) is 13.5. The number of anilines is 1. The fraction of sp³-hybridized carbons (Fsp3) is 0.714. The highest BCUT2D eigenvalue weighted by Gasteiger charge is 2.44. The normalized spacial score (nSPS) is 18.3. The number of likely N-dealkylation sites (tertiary alicyclic amines) is 1. The van der Waals surface area contributed by atoms with Gasteiger partial charge in [0.15, 0.2) is 11.9 Å². The van der Waals surface area contributed by atoms with E-state index < -0.39 is 24.2 Å². The number of urea groups is 1. The van der Waals surface area contributed by atoms with E-state index in [-0.39, 0.29) is 37.7 Å². The van der Waals surface area contributed by atoms with E-state index in [1.54, 1.807) is 6.07 Å². The number of rotatable bonds is 3. The molecule has 9 heteroatoms. The fourth-order valence-corrected chi connectivity index (χ4v) is 2.49. The number of alkyl halides is 3. The summed E-state index contributed by atoms with van der Waals surface area (Å²) in [6.07, 6.45) is -6.76. The van der Waals surface area contributed by atoms with E-state index in [1.165, 1.54) is 4.90 Å². The number of aliphatic hydroxyl groups excluding tert-OH is 1. The zero-order valence-electron chi connectivity index (χ0n) is 12.9. The summed E-state index contributed by atoms with van der Waals surface area (Å²) in [5, 5.41) is 15.5. The Morgan fingerprint density at radius 3 is 2.52 bits per heavy atom. The standard InChI is InChI=1S/C14H20F3N3O3/c1-8(2)10-7-11(19-23-10)18-13(22)20-5-3-9(4-6-20)12(21)14(15,16)17/h7-9,12,21H,3-6H2,1-2H3,(H,18,19,22)/t12-/m0/s1. The summed E-state index contributed by atoms with van der Waals surface area (Å²) in [7, 11) is 0. The highest BCUT2D eigenvalue weighted by molar-refractivity contribution is 5.88. The van der Waals surface area contributed by atoms with Crippen molar-refractivity contribution in [2.45, 2.75) is 44.9 Å². The lowest BCUT2D eigenvalue weighted by Gasteiger charge is -2.34. The van der Waals surface area contributed by atoms with Crippen LogP contribution in [0.2, 0.25) is 0 Å². The van der Waals surface area contributed by atoms with E-state index in [9.17, 15) is 23.1 Å². The monoisotopic (exact) mass is 335 g/mol. The molecule has 0 aromatic carbocycles. The molecule has 1 aromatic rings. The van der Waals surface area contributed by atoms with Crippen molar-refractivity contribution in [1.82, 2.24) is 10.1 Å². The topological polar surface area (TPSA) is 78.6 Å². The molecular weight excluding hydrogens is 315 g/mol. The number of amides is 2. The fourth-order valence-electron chi connectivity index (χ4n) is 2.49.